The van der Waals surface area contributed by atoms with Gasteiger partial charge in [0.1, 0.15) is 0 Å². The van der Waals surface area contributed by atoms with Crippen LogP contribution in [0.15, 0.2) is 35.5 Å². The Balaban J connectivity index is 1.58. The zero-order chi connectivity index (χ0) is 18.5. The highest BCUT2D eigenvalue weighted by atomic mass is 32.2. The molecule has 0 spiro atoms. The Bertz CT molecular complexity index is 684. The molecule has 1 aliphatic rings. The monoisotopic (exact) mass is 376 g/mol. The third kappa shape index (κ3) is 4.85. The van der Waals surface area contributed by atoms with Gasteiger partial charge in [-0.1, -0.05) is 42.1 Å². The van der Waals surface area contributed by atoms with Crippen molar-refractivity contribution in [2.45, 2.75) is 50.8 Å². The number of hydrogen-bond donors (Lipinski definition) is 1. The molecule has 0 radical (unpaired) electrons. The number of aliphatic hydroxyl groups excluding tert-OH is 1. The molecule has 2 heterocycles. The highest BCUT2D eigenvalue weighted by Crippen LogP contribution is 2.24. The van der Waals surface area contributed by atoms with Crippen molar-refractivity contribution in [3.8, 4) is 11.4 Å². The molecule has 1 saturated heterocycles. The molecule has 3 rings (SSSR count). The molecule has 26 heavy (non-hydrogen) atoms. The largest absolute Gasteiger partial charge is 0.391 e. The molecule has 1 N–H and O–H groups in total. The summed E-state index contributed by atoms with van der Waals surface area (Å²) in [6.07, 6.45) is 0.0325. The van der Waals surface area contributed by atoms with E-state index in [0.717, 1.165) is 36.2 Å². The summed E-state index contributed by atoms with van der Waals surface area (Å²) in [4.78, 5) is 2.28. The minimum absolute atomic E-state index is 0.218. The Morgan fingerprint density at radius 2 is 1.88 bits per heavy atom. The summed E-state index contributed by atoms with van der Waals surface area (Å²) in [5.41, 5.74) is 1.06. The SMILES string of the molecule is CCn1c(SC[C@@H](O)CN2C[C@@H](C)O[C@@H](C)C2)nnc1-c1ccccc1. The summed E-state index contributed by atoms with van der Waals surface area (Å²) in [5, 5.41) is 20.0. The fraction of sp³-hybridized carbons (Fsp3) is 0.579. The number of benzene rings is 1. The second-order valence-electron chi connectivity index (χ2n) is 6.86. The summed E-state index contributed by atoms with van der Waals surface area (Å²) in [7, 11) is 0. The van der Waals surface area contributed by atoms with E-state index in [9.17, 15) is 5.11 Å². The van der Waals surface area contributed by atoms with E-state index in [0.29, 0.717) is 12.3 Å². The van der Waals surface area contributed by atoms with Crippen LogP contribution in [0.2, 0.25) is 0 Å². The minimum atomic E-state index is -0.403. The summed E-state index contributed by atoms with van der Waals surface area (Å²) < 4.78 is 7.85. The zero-order valence-corrected chi connectivity index (χ0v) is 16.5. The Hall–Kier alpha value is -1.41. The lowest BCUT2D eigenvalue weighted by molar-refractivity contribution is -0.0750. The number of morpholine rings is 1. The fourth-order valence-electron chi connectivity index (χ4n) is 3.44. The topological polar surface area (TPSA) is 63.4 Å². The maximum Gasteiger partial charge on any atom is 0.191 e. The molecule has 1 aliphatic heterocycles. The molecule has 6 nitrogen and oxygen atoms in total. The smallest absolute Gasteiger partial charge is 0.191 e. The Kier molecular flexibility index (Phi) is 6.69. The normalized spacial score (nSPS) is 22.5. The van der Waals surface area contributed by atoms with Crippen molar-refractivity contribution < 1.29 is 9.84 Å². The van der Waals surface area contributed by atoms with Crippen molar-refractivity contribution >= 4 is 11.8 Å². The quantitative estimate of drug-likeness (QED) is 0.749. The van der Waals surface area contributed by atoms with Gasteiger partial charge in [0.05, 0.1) is 18.3 Å². The molecule has 1 aromatic heterocycles. The molecule has 0 unspecified atom stereocenters. The van der Waals surface area contributed by atoms with E-state index in [2.05, 4.69) is 40.4 Å². The Labute approximate surface area is 159 Å². The number of aromatic nitrogens is 3. The predicted octanol–water partition coefficient (Wildman–Crippen LogP) is 2.53. The minimum Gasteiger partial charge on any atom is -0.391 e. The van der Waals surface area contributed by atoms with Gasteiger partial charge < -0.3 is 14.4 Å². The van der Waals surface area contributed by atoms with E-state index in [4.69, 9.17) is 4.74 Å². The summed E-state index contributed by atoms with van der Waals surface area (Å²) in [6, 6.07) is 10.1. The van der Waals surface area contributed by atoms with Crippen LogP contribution in [0.25, 0.3) is 11.4 Å². The molecule has 0 saturated carbocycles. The van der Waals surface area contributed by atoms with Gasteiger partial charge in [-0.25, -0.2) is 0 Å². The predicted molar refractivity (Wildman–Crippen MR) is 104 cm³/mol. The molecule has 0 amide bonds. The van der Waals surface area contributed by atoms with E-state index in [1.807, 2.05) is 30.3 Å². The molecule has 1 fully saturated rings. The van der Waals surface area contributed by atoms with Crippen molar-refractivity contribution in [2.75, 3.05) is 25.4 Å². The standard InChI is InChI=1S/C19H28N4O2S/c1-4-23-18(16-8-6-5-7-9-16)20-21-19(23)26-13-17(24)12-22-10-14(2)25-15(3)11-22/h5-9,14-15,17,24H,4,10-13H2,1-3H3/t14-,15+,17-/m0/s1. The van der Waals surface area contributed by atoms with Gasteiger partial charge in [0.25, 0.3) is 0 Å². The third-order valence-electron chi connectivity index (χ3n) is 4.43. The van der Waals surface area contributed by atoms with Gasteiger partial charge in [-0.05, 0) is 20.8 Å². The fourth-order valence-corrected chi connectivity index (χ4v) is 4.35. The van der Waals surface area contributed by atoms with E-state index in [1.54, 1.807) is 11.8 Å². The number of thioether (sulfide) groups is 1. The molecule has 0 aliphatic carbocycles. The molecule has 3 atom stereocenters. The van der Waals surface area contributed by atoms with Crippen molar-refractivity contribution in [2.24, 2.45) is 0 Å². The van der Waals surface area contributed by atoms with Crippen LogP contribution in [0.4, 0.5) is 0 Å². The van der Waals surface area contributed by atoms with E-state index < -0.39 is 6.10 Å². The molecule has 7 heteroatoms. The highest BCUT2D eigenvalue weighted by Gasteiger charge is 2.24. The number of hydrogen-bond acceptors (Lipinski definition) is 6. The van der Waals surface area contributed by atoms with Crippen LogP contribution in [-0.4, -0.2) is 68.5 Å². The first-order chi connectivity index (χ1) is 12.6. The van der Waals surface area contributed by atoms with E-state index in [1.165, 1.54) is 0 Å². The van der Waals surface area contributed by atoms with Crippen LogP contribution < -0.4 is 0 Å². The molecule has 142 valence electrons. The van der Waals surface area contributed by atoms with Crippen molar-refractivity contribution in [1.29, 1.82) is 0 Å². The number of β-amino-alcohol motifs (C(OH)–C–C–N with tert-alkyl or cyclic N) is 1. The molecule has 1 aromatic carbocycles. The maximum absolute atomic E-state index is 10.5. The maximum atomic E-state index is 10.5. The third-order valence-corrected chi connectivity index (χ3v) is 5.55. The first-order valence-electron chi connectivity index (χ1n) is 9.24. The average molecular weight is 377 g/mol. The van der Waals surface area contributed by atoms with Crippen LogP contribution in [0.1, 0.15) is 20.8 Å². The molecule has 0 bridgehead atoms. The van der Waals surface area contributed by atoms with Gasteiger partial charge in [-0.2, -0.15) is 0 Å². The van der Waals surface area contributed by atoms with Crippen molar-refractivity contribution in [1.82, 2.24) is 19.7 Å². The van der Waals surface area contributed by atoms with Crippen molar-refractivity contribution in [3.63, 3.8) is 0 Å². The highest BCUT2D eigenvalue weighted by molar-refractivity contribution is 7.99. The first kappa shape index (κ1) is 19.4. The lowest BCUT2D eigenvalue weighted by Crippen LogP contribution is -2.48. The summed E-state index contributed by atoms with van der Waals surface area (Å²) >= 11 is 1.57. The van der Waals surface area contributed by atoms with Crippen LogP contribution in [0, 0.1) is 0 Å². The molecule has 2 aromatic rings. The lowest BCUT2D eigenvalue weighted by Gasteiger charge is -2.36. The Morgan fingerprint density at radius 3 is 2.54 bits per heavy atom. The van der Waals surface area contributed by atoms with E-state index in [-0.39, 0.29) is 12.2 Å². The second-order valence-corrected chi connectivity index (χ2v) is 7.84. The molecular formula is C19H28N4O2S. The number of aliphatic hydroxyl groups is 1. The Morgan fingerprint density at radius 1 is 1.19 bits per heavy atom. The zero-order valence-electron chi connectivity index (χ0n) is 15.7. The van der Waals surface area contributed by atoms with Gasteiger partial charge in [0.2, 0.25) is 0 Å². The number of ether oxygens (including phenoxy) is 1. The lowest BCUT2D eigenvalue weighted by atomic mass is 10.2. The van der Waals surface area contributed by atoms with Crippen molar-refractivity contribution in [3.05, 3.63) is 30.3 Å². The van der Waals surface area contributed by atoms with E-state index >= 15 is 0 Å². The summed E-state index contributed by atoms with van der Waals surface area (Å²) in [5.74, 6) is 1.48. The van der Waals surface area contributed by atoms with Gasteiger partial charge in [-0.3, -0.25) is 4.90 Å². The average Bonchev–Trinajstić information content (AvgIpc) is 3.02. The van der Waals surface area contributed by atoms with Gasteiger partial charge in [0.15, 0.2) is 11.0 Å². The molecular weight excluding hydrogens is 348 g/mol. The summed E-state index contributed by atoms with van der Waals surface area (Å²) in [6.45, 7) is 9.46. The first-order valence-corrected chi connectivity index (χ1v) is 10.2. The number of nitrogens with zero attached hydrogens (tertiary/aromatic N) is 4. The second kappa shape index (κ2) is 8.99. The van der Waals surface area contributed by atoms with Crippen LogP contribution in [-0.2, 0) is 11.3 Å². The van der Waals surface area contributed by atoms with Crippen LogP contribution >= 0.6 is 11.8 Å². The van der Waals surface area contributed by atoms with Crippen LogP contribution in [0.5, 0.6) is 0 Å². The van der Waals surface area contributed by atoms with Crippen LogP contribution in [0.3, 0.4) is 0 Å². The van der Waals surface area contributed by atoms with Gasteiger partial charge in [-0.15, -0.1) is 10.2 Å². The van der Waals surface area contributed by atoms with Gasteiger partial charge >= 0.3 is 0 Å². The number of rotatable bonds is 7. The van der Waals surface area contributed by atoms with Gasteiger partial charge in [0, 0.05) is 37.5 Å².